The van der Waals surface area contributed by atoms with E-state index in [1.165, 1.54) is 21.3 Å². The smallest absolute Gasteiger partial charge is 0.247 e. The number of hydrogen-bond acceptors (Lipinski definition) is 7. The Hall–Kier alpha value is -2.42. The molecule has 1 aliphatic heterocycles. The van der Waals surface area contributed by atoms with Crippen molar-refractivity contribution in [3.05, 3.63) is 24.3 Å². The summed E-state index contributed by atoms with van der Waals surface area (Å²) in [6.07, 6.45) is 0.129. The second-order valence-corrected chi connectivity index (χ2v) is 6.06. The van der Waals surface area contributed by atoms with E-state index >= 15 is 0 Å². The van der Waals surface area contributed by atoms with Crippen LogP contribution in [0.4, 0.5) is 5.69 Å². The maximum atomic E-state index is 12.5. The first kappa shape index (κ1) is 15.5. The lowest BCUT2D eigenvalue weighted by molar-refractivity contribution is -0.121. The van der Waals surface area contributed by atoms with E-state index in [2.05, 4.69) is 15.5 Å². The normalized spacial score (nSPS) is 17.8. The molecule has 0 saturated carbocycles. The number of imide groups is 1. The minimum Gasteiger partial charge on any atom is -0.494 e. The number of rotatable bonds is 5. The summed E-state index contributed by atoms with van der Waals surface area (Å²) in [5.74, 6) is 0.213. The molecule has 1 aromatic heterocycles. The molecule has 2 heterocycles. The molecule has 0 radical (unpaired) electrons. The van der Waals surface area contributed by atoms with Crippen LogP contribution in [0.2, 0.25) is 0 Å². The van der Waals surface area contributed by atoms with E-state index in [4.69, 9.17) is 4.74 Å². The van der Waals surface area contributed by atoms with Crippen LogP contribution in [0.25, 0.3) is 0 Å². The summed E-state index contributed by atoms with van der Waals surface area (Å²) in [5.41, 5.74) is 0.544. The van der Waals surface area contributed by atoms with Crippen molar-refractivity contribution >= 4 is 29.3 Å². The Kier molecular flexibility index (Phi) is 4.28. The third kappa shape index (κ3) is 3.04. The van der Waals surface area contributed by atoms with Crippen LogP contribution in [0, 0.1) is 0 Å². The zero-order valence-corrected chi connectivity index (χ0v) is 13.5. The third-order valence-corrected chi connectivity index (χ3v) is 4.55. The molecule has 120 valence electrons. The molecule has 2 amide bonds. The fraction of sp³-hybridized carbons (Fsp3) is 0.357. The molecule has 0 aliphatic carbocycles. The van der Waals surface area contributed by atoms with Crippen LogP contribution >= 0.6 is 11.8 Å². The zero-order chi connectivity index (χ0) is 16.4. The zero-order valence-electron chi connectivity index (χ0n) is 12.7. The highest BCUT2D eigenvalue weighted by Gasteiger charge is 2.40. The first-order valence-electron chi connectivity index (χ1n) is 7.09. The standard InChI is InChI=1S/C14H15N5O3S/c1-3-22-10-6-4-9(5-7-10)19-12(20)8-11(13(19)21)23-14-15-16-17-18(14)2/h4-7,11H,3,8H2,1-2H3. The maximum absolute atomic E-state index is 12.5. The highest BCUT2D eigenvalue weighted by molar-refractivity contribution is 8.00. The van der Waals surface area contributed by atoms with Crippen molar-refractivity contribution in [3.8, 4) is 5.75 Å². The molecule has 9 heteroatoms. The molecule has 8 nitrogen and oxygen atoms in total. The number of carbonyl (C=O) groups is 2. The summed E-state index contributed by atoms with van der Waals surface area (Å²) >= 11 is 1.20. The van der Waals surface area contributed by atoms with Crippen LogP contribution in [-0.2, 0) is 16.6 Å². The molecule has 2 aromatic rings. The van der Waals surface area contributed by atoms with Crippen LogP contribution in [0.5, 0.6) is 5.75 Å². The topological polar surface area (TPSA) is 90.2 Å². The van der Waals surface area contributed by atoms with Gasteiger partial charge in [0.1, 0.15) is 11.0 Å². The van der Waals surface area contributed by atoms with Crippen molar-refractivity contribution in [2.75, 3.05) is 11.5 Å². The summed E-state index contributed by atoms with van der Waals surface area (Å²) in [6.45, 7) is 2.45. The van der Waals surface area contributed by atoms with Crippen LogP contribution in [0.3, 0.4) is 0 Å². The van der Waals surface area contributed by atoms with Crippen molar-refractivity contribution in [1.82, 2.24) is 20.2 Å². The number of carbonyl (C=O) groups excluding carboxylic acids is 2. The SMILES string of the molecule is CCOc1ccc(N2C(=O)CC(Sc3nnnn3C)C2=O)cc1. The van der Waals surface area contributed by atoms with E-state index in [-0.39, 0.29) is 18.2 Å². The van der Waals surface area contributed by atoms with Crippen molar-refractivity contribution < 1.29 is 14.3 Å². The lowest BCUT2D eigenvalue weighted by Gasteiger charge is -2.15. The van der Waals surface area contributed by atoms with Crippen LogP contribution < -0.4 is 9.64 Å². The molecule has 1 saturated heterocycles. The van der Waals surface area contributed by atoms with Gasteiger partial charge in [-0.15, -0.1) is 5.10 Å². The number of nitrogens with zero attached hydrogens (tertiary/aromatic N) is 5. The molecule has 0 bridgehead atoms. The molecule has 1 unspecified atom stereocenters. The van der Waals surface area contributed by atoms with Gasteiger partial charge in [0.2, 0.25) is 17.0 Å². The summed E-state index contributed by atoms with van der Waals surface area (Å²) in [5, 5.41) is 11.1. The van der Waals surface area contributed by atoms with Gasteiger partial charge in [0, 0.05) is 13.5 Å². The van der Waals surface area contributed by atoms with Gasteiger partial charge in [-0.25, -0.2) is 9.58 Å². The summed E-state index contributed by atoms with van der Waals surface area (Å²) in [7, 11) is 1.69. The second kappa shape index (κ2) is 6.37. The maximum Gasteiger partial charge on any atom is 0.247 e. The number of benzene rings is 1. The lowest BCUT2D eigenvalue weighted by Crippen LogP contribution is -2.31. The van der Waals surface area contributed by atoms with Crippen molar-refractivity contribution in [1.29, 1.82) is 0 Å². The summed E-state index contributed by atoms with van der Waals surface area (Å²) in [6, 6.07) is 6.90. The highest BCUT2D eigenvalue weighted by Crippen LogP contribution is 2.33. The van der Waals surface area contributed by atoms with Crippen LogP contribution in [-0.4, -0.2) is 43.9 Å². The van der Waals surface area contributed by atoms with Gasteiger partial charge in [0.05, 0.1) is 12.3 Å². The summed E-state index contributed by atoms with van der Waals surface area (Å²) < 4.78 is 6.84. The molecule has 3 rings (SSSR count). The van der Waals surface area contributed by atoms with Crippen molar-refractivity contribution in [2.24, 2.45) is 7.05 Å². The van der Waals surface area contributed by atoms with E-state index in [0.717, 1.165) is 0 Å². The predicted octanol–water partition coefficient (Wildman–Crippen LogP) is 1.03. The number of thioether (sulfide) groups is 1. The fourth-order valence-electron chi connectivity index (χ4n) is 2.27. The largest absolute Gasteiger partial charge is 0.494 e. The Balaban J connectivity index is 1.77. The first-order chi connectivity index (χ1) is 11.1. The second-order valence-electron chi connectivity index (χ2n) is 4.89. The van der Waals surface area contributed by atoms with E-state index in [1.807, 2.05) is 6.92 Å². The predicted molar refractivity (Wildman–Crippen MR) is 83.2 cm³/mol. The monoisotopic (exact) mass is 333 g/mol. The minimum absolute atomic E-state index is 0.129. The molecule has 1 fully saturated rings. The van der Waals surface area contributed by atoms with Gasteiger partial charge >= 0.3 is 0 Å². The van der Waals surface area contributed by atoms with Gasteiger partial charge < -0.3 is 4.74 Å². The average molecular weight is 333 g/mol. The van der Waals surface area contributed by atoms with E-state index < -0.39 is 5.25 Å². The Bertz CT molecular complexity index is 730. The van der Waals surface area contributed by atoms with Gasteiger partial charge in [0.15, 0.2) is 0 Å². The van der Waals surface area contributed by atoms with Gasteiger partial charge in [-0.2, -0.15) is 0 Å². The molecule has 0 N–H and O–H groups in total. The van der Waals surface area contributed by atoms with Crippen molar-refractivity contribution in [3.63, 3.8) is 0 Å². The molecule has 0 spiro atoms. The first-order valence-corrected chi connectivity index (χ1v) is 7.96. The number of tetrazole rings is 1. The molecule has 1 aromatic carbocycles. The van der Waals surface area contributed by atoms with E-state index in [9.17, 15) is 9.59 Å². The fourth-order valence-corrected chi connectivity index (χ4v) is 3.23. The van der Waals surface area contributed by atoms with Gasteiger partial charge in [-0.05, 0) is 41.6 Å². The number of anilines is 1. The Morgan fingerprint density at radius 3 is 2.65 bits per heavy atom. The molecule has 23 heavy (non-hydrogen) atoms. The molecule has 1 atom stereocenters. The molecular weight excluding hydrogens is 318 g/mol. The van der Waals surface area contributed by atoms with Gasteiger partial charge in [-0.3, -0.25) is 9.59 Å². The van der Waals surface area contributed by atoms with Gasteiger partial charge in [0.25, 0.3) is 0 Å². The summed E-state index contributed by atoms with van der Waals surface area (Å²) in [4.78, 5) is 26.0. The molecule has 1 aliphatic rings. The number of aryl methyl sites for hydroxylation is 1. The van der Waals surface area contributed by atoms with E-state index in [0.29, 0.717) is 23.2 Å². The molecular formula is C14H15N5O3S. The Morgan fingerprint density at radius 1 is 1.30 bits per heavy atom. The average Bonchev–Trinajstić information content (AvgIpc) is 3.05. The Labute approximate surface area is 136 Å². The lowest BCUT2D eigenvalue weighted by atomic mass is 10.3. The van der Waals surface area contributed by atoms with Crippen molar-refractivity contribution in [2.45, 2.75) is 23.8 Å². The van der Waals surface area contributed by atoms with E-state index in [1.54, 1.807) is 31.3 Å². The number of aromatic nitrogens is 4. The third-order valence-electron chi connectivity index (χ3n) is 3.34. The van der Waals surface area contributed by atoms with Gasteiger partial charge in [-0.1, -0.05) is 11.8 Å². The van der Waals surface area contributed by atoms with Crippen LogP contribution in [0.15, 0.2) is 29.4 Å². The quantitative estimate of drug-likeness (QED) is 0.755. The van der Waals surface area contributed by atoms with Crippen LogP contribution in [0.1, 0.15) is 13.3 Å². The number of amides is 2. The minimum atomic E-state index is -0.515. The highest BCUT2D eigenvalue weighted by atomic mass is 32.2. The Morgan fingerprint density at radius 2 is 2.04 bits per heavy atom. The number of ether oxygens (including phenoxy) is 1. The number of hydrogen-bond donors (Lipinski definition) is 0.